The molecule has 9 aromatic rings. The third-order valence-corrected chi connectivity index (χ3v) is 16.5. The summed E-state index contributed by atoms with van der Waals surface area (Å²) in [6.07, 6.45) is 7.84. The van der Waals surface area contributed by atoms with E-state index in [4.69, 9.17) is 15.0 Å². The van der Waals surface area contributed by atoms with Gasteiger partial charge < -0.3 is 0 Å². The number of hydrogen-bond donors (Lipinski definition) is 0. The van der Waals surface area contributed by atoms with Gasteiger partial charge in [0.1, 0.15) is 0 Å². The summed E-state index contributed by atoms with van der Waals surface area (Å²) in [5.74, 6) is 5.26. The summed E-state index contributed by atoms with van der Waals surface area (Å²) < 4.78 is 2.59. The largest absolute Gasteiger partial charge is 0.208 e. The van der Waals surface area contributed by atoms with E-state index in [1.54, 1.807) is 5.56 Å². The van der Waals surface area contributed by atoms with Gasteiger partial charge >= 0.3 is 0 Å². The van der Waals surface area contributed by atoms with Crippen LogP contribution in [-0.2, 0) is 11.8 Å². The van der Waals surface area contributed by atoms with Crippen LogP contribution in [0.3, 0.4) is 0 Å². The molecule has 6 aliphatic rings. The van der Waals surface area contributed by atoms with Crippen LogP contribution < -0.4 is 0 Å². The van der Waals surface area contributed by atoms with Crippen molar-refractivity contribution in [1.82, 2.24) is 15.0 Å². The molecular formula is C56H41N3S. The second-order valence-electron chi connectivity index (χ2n) is 18.3. The minimum Gasteiger partial charge on any atom is -0.208 e. The summed E-state index contributed by atoms with van der Waals surface area (Å²) >= 11 is 1.89. The zero-order valence-electron chi connectivity index (χ0n) is 33.2. The van der Waals surface area contributed by atoms with Gasteiger partial charge in [-0.25, -0.2) is 15.0 Å². The van der Waals surface area contributed by atoms with Crippen LogP contribution in [0.4, 0.5) is 0 Å². The number of aromatic nitrogens is 3. The molecule has 2 heterocycles. The maximum Gasteiger partial charge on any atom is 0.165 e. The Bertz CT molecular complexity index is 3220. The first-order valence-electron chi connectivity index (χ1n) is 21.9. The summed E-state index contributed by atoms with van der Waals surface area (Å²) in [7, 11) is 0. The topological polar surface area (TPSA) is 38.7 Å². The number of thiophene rings is 1. The normalized spacial score (nSPS) is 22.7. The summed E-state index contributed by atoms with van der Waals surface area (Å²) in [5, 5.41) is 2.72. The Morgan fingerprint density at radius 2 is 1.07 bits per heavy atom. The van der Waals surface area contributed by atoms with Crippen molar-refractivity contribution in [1.29, 1.82) is 0 Å². The van der Waals surface area contributed by atoms with E-state index < -0.39 is 0 Å². The molecule has 0 unspecified atom stereocenters. The summed E-state index contributed by atoms with van der Waals surface area (Å²) in [4.78, 5) is 16.1. The average Bonchev–Trinajstić information content (AvgIpc) is 3.96. The second-order valence-corrected chi connectivity index (χ2v) is 19.4. The van der Waals surface area contributed by atoms with Crippen LogP contribution in [0.2, 0.25) is 0 Å². The van der Waals surface area contributed by atoms with Gasteiger partial charge in [0.15, 0.2) is 17.5 Å². The molecule has 4 saturated carbocycles. The Labute approximate surface area is 353 Å². The molecule has 4 heteroatoms. The minimum atomic E-state index is 0.0267. The van der Waals surface area contributed by atoms with Gasteiger partial charge in [-0.2, -0.15) is 0 Å². The molecule has 4 fully saturated rings. The standard InChI is InChI=1S/C56H41N3S/c1-2-10-35(11-3-1)53-57-54(36-20-18-34(19-21-36)37-22-23-39-29-38-12-4-5-13-42(38)45(39)30-37)59-55(58-53)46-31-48-50(51-44-15-7-9-17-49(44)60-52(46)51)43-14-6-8-16-47(43)56(48)40-25-32-24-33(27-40)28-41(56)26-32/h1-23,30-33,40-41H,24-29H2. The van der Waals surface area contributed by atoms with Crippen LogP contribution in [0, 0.1) is 23.7 Å². The number of benzene rings is 7. The lowest BCUT2D eigenvalue weighted by atomic mass is 9.43. The first-order chi connectivity index (χ1) is 29.7. The SMILES string of the molecule is c1ccc(-c2nc(-c3ccc(-c4ccc5c(c4)-c4ccccc4C5)cc3)nc(-c3cc4c(c5c3sc3ccccc35)-c3ccccc3C43C4CC5CC(C4)CC3C5)n2)cc1. The van der Waals surface area contributed by atoms with Crippen LogP contribution in [0.5, 0.6) is 0 Å². The zero-order chi connectivity index (χ0) is 39.1. The van der Waals surface area contributed by atoms with Crippen molar-refractivity contribution < 1.29 is 0 Å². The quantitative estimate of drug-likeness (QED) is 0.178. The van der Waals surface area contributed by atoms with E-state index in [9.17, 15) is 0 Å². The molecule has 7 aromatic carbocycles. The molecular weight excluding hydrogens is 747 g/mol. The van der Waals surface area contributed by atoms with E-state index in [0.29, 0.717) is 23.5 Å². The van der Waals surface area contributed by atoms with Crippen molar-refractivity contribution in [3.05, 3.63) is 174 Å². The summed E-state index contributed by atoms with van der Waals surface area (Å²) in [5.41, 5.74) is 17.1. The smallest absolute Gasteiger partial charge is 0.165 e. The highest BCUT2D eigenvalue weighted by Gasteiger charge is 2.62. The Kier molecular flexibility index (Phi) is 6.94. The first kappa shape index (κ1) is 33.6. The summed E-state index contributed by atoms with van der Waals surface area (Å²) in [6.45, 7) is 0. The molecule has 3 nitrogen and oxygen atoms in total. The zero-order valence-corrected chi connectivity index (χ0v) is 34.1. The van der Waals surface area contributed by atoms with Crippen molar-refractivity contribution in [3.8, 4) is 67.5 Å². The lowest BCUT2D eigenvalue weighted by Gasteiger charge is -2.61. The van der Waals surface area contributed by atoms with E-state index in [1.807, 2.05) is 11.3 Å². The van der Waals surface area contributed by atoms with Gasteiger partial charge in [0.25, 0.3) is 0 Å². The highest BCUT2D eigenvalue weighted by atomic mass is 32.1. The molecule has 60 heavy (non-hydrogen) atoms. The van der Waals surface area contributed by atoms with Crippen LogP contribution >= 0.6 is 11.3 Å². The van der Waals surface area contributed by atoms with E-state index in [1.165, 1.54) is 102 Å². The predicted molar refractivity (Wildman–Crippen MR) is 246 cm³/mol. The molecule has 0 radical (unpaired) electrons. The van der Waals surface area contributed by atoms with E-state index in [-0.39, 0.29) is 5.41 Å². The van der Waals surface area contributed by atoms with Gasteiger partial charge in [-0.05, 0) is 136 Å². The molecule has 2 aromatic heterocycles. The number of rotatable bonds is 4. The van der Waals surface area contributed by atoms with E-state index >= 15 is 0 Å². The van der Waals surface area contributed by atoms with Crippen molar-refractivity contribution in [3.63, 3.8) is 0 Å². The summed E-state index contributed by atoms with van der Waals surface area (Å²) in [6, 6.07) is 56.2. The van der Waals surface area contributed by atoms with Gasteiger partial charge in [0, 0.05) is 42.3 Å². The Morgan fingerprint density at radius 3 is 1.87 bits per heavy atom. The minimum absolute atomic E-state index is 0.0267. The van der Waals surface area contributed by atoms with Crippen molar-refractivity contribution in [2.45, 2.75) is 43.9 Å². The maximum absolute atomic E-state index is 5.48. The monoisotopic (exact) mass is 787 g/mol. The molecule has 4 bridgehead atoms. The van der Waals surface area contributed by atoms with Gasteiger partial charge in [-0.15, -0.1) is 11.3 Å². The number of nitrogens with zero attached hydrogens (tertiary/aromatic N) is 3. The van der Waals surface area contributed by atoms with Crippen molar-refractivity contribution in [2.24, 2.45) is 23.7 Å². The fraction of sp³-hybridized carbons (Fsp3) is 0.196. The molecule has 0 atom stereocenters. The highest BCUT2D eigenvalue weighted by molar-refractivity contribution is 7.26. The third-order valence-electron chi connectivity index (χ3n) is 15.3. The molecule has 1 spiro atoms. The predicted octanol–water partition coefficient (Wildman–Crippen LogP) is 14.2. The Morgan fingerprint density at radius 1 is 0.450 bits per heavy atom. The average molecular weight is 788 g/mol. The molecule has 6 aliphatic carbocycles. The molecule has 0 saturated heterocycles. The number of fused-ring (bicyclic) bond motifs is 10. The molecule has 0 N–H and O–H groups in total. The fourth-order valence-corrected chi connectivity index (χ4v) is 14.4. The van der Waals surface area contributed by atoms with E-state index in [0.717, 1.165) is 40.8 Å². The third kappa shape index (κ3) is 4.63. The van der Waals surface area contributed by atoms with Crippen LogP contribution in [-0.4, -0.2) is 15.0 Å². The lowest BCUT2D eigenvalue weighted by molar-refractivity contribution is -0.0399. The van der Waals surface area contributed by atoms with Crippen LogP contribution in [0.25, 0.3) is 87.7 Å². The maximum atomic E-state index is 5.48. The van der Waals surface area contributed by atoms with Crippen LogP contribution in [0.1, 0.15) is 54.4 Å². The van der Waals surface area contributed by atoms with Gasteiger partial charge in [0.05, 0.1) is 0 Å². The van der Waals surface area contributed by atoms with Crippen molar-refractivity contribution in [2.75, 3.05) is 0 Å². The Balaban J connectivity index is 0.974. The highest BCUT2D eigenvalue weighted by Crippen LogP contribution is 2.70. The van der Waals surface area contributed by atoms with Crippen molar-refractivity contribution >= 4 is 31.5 Å². The van der Waals surface area contributed by atoms with Gasteiger partial charge in [-0.1, -0.05) is 133 Å². The van der Waals surface area contributed by atoms with Crippen LogP contribution in [0.15, 0.2) is 152 Å². The first-order valence-corrected chi connectivity index (χ1v) is 22.7. The van der Waals surface area contributed by atoms with E-state index in [2.05, 4.69) is 152 Å². The fourth-order valence-electron chi connectivity index (χ4n) is 13.1. The van der Waals surface area contributed by atoms with Gasteiger partial charge in [0.2, 0.25) is 0 Å². The lowest BCUT2D eigenvalue weighted by Crippen LogP contribution is -2.55. The molecule has 15 rings (SSSR count). The van der Waals surface area contributed by atoms with Gasteiger partial charge in [-0.3, -0.25) is 0 Å². The molecule has 286 valence electrons. The Hall–Kier alpha value is -6.23. The molecule has 0 aliphatic heterocycles. The second kappa shape index (κ2) is 12.4. The number of hydrogen-bond acceptors (Lipinski definition) is 4. The molecule has 0 amide bonds.